The van der Waals surface area contributed by atoms with Gasteiger partial charge in [0.1, 0.15) is 23.3 Å². The van der Waals surface area contributed by atoms with E-state index in [1.165, 1.54) is 0 Å². The predicted octanol–water partition coefficient (Wildman–Crippen LogP) is 5.36. The molecular formula is C38H53BBr2N4O6. The molecule has 2 fully saturated rings. The van der Waals surface area contributed by atoms with Crippen molar-refractivity contribution in [1.29, 1.82) is 0 Å². The third kappa shape index (κ3) is 12.2. The van der Waals surface area contributed by atoms with Crippen molar-refractivity contribution in [3.05, 3.63) is 71.8 Å². The van der Waals surface area contributed by atoms with E-state index >= 15 is 0 Å². The number of hydrogen-bond donors (Lipinski definition) is 4. The standard InChI is InChI=1S/C38H53BBr2N4O6/c40-25-11-17-31(44-35(48)37(21-7-8-22-37)33(46)42-27-19-29-13-3-1-4-14-29)50-39-51-32(18-12-26-41)45-36(49)38(23-9-10-24-38)34(47)43-28-20-30-15-5-2-6-16-30/h1-6,13-16,31-32,39H,7-12,17-28H2,(H,42,46)(H,43,47)(H,44,48)(H,45,49). The van der Waals surface area contributed by atoms with Crippen molar-refractivity contribution in [1.82, 2.24) is 21.3 Å². The van der Waals surface area contributed by atoms with Gasteiger partial charge in [-0.2, -0.15) is 0 Å². The van der Waals surface area contributed by atoms with Gasteiger partial charge in [0.25, 0.3) is 0 Å². The molecule has 2 atom stereocenters. The molecule has 4 N–H and O–H groups in total. The lowest BCUT2D eigenvalue weighted by Gasteiger charge is -2.31. The van der Waals surface area contributed by atoms with E-state index in [1.807, 2.05) is 60.7 Å². The maximum absolute atomic E-state index is 13.8. The molecule has 0 saturated heterocycles. The molecule has 0 radical (unpaired) electrons. The summed E-state index contributed by atoms with van der Waals surface area (Å²) >= 11 is 6.93. The molecule has 2 aliphatic rings. The Kier molecular flexibility index (Phi) is 17.5. The van der Waals surface area contributed by atoms with Crippen molar-refractivity contribution in [3.8, 4) is 0 Å². The van der Waals surface area contributed by atoms with Gasteiger partial charge in [0.15, 0.2) is 0 Å². The van der Waals surface area contributed by atoms with E-state index in [1.54, 1.807) is 0 Å². The molecule has 0 aliphatic heterocycles. The highest BCUT2D eigenvalue weighted by atomic mass is 79.9. The Morgan fingerprint density at radius 3 is 1.33 bits per heavy atom. The number of nitrogens with one attached hydrogen (secondary N) is 4. The first kappa shape index (κ1) is 41.0. The molecule has 2 aromatic carbocycles. The summed E-state index contributed by atoms with van der Waals surface area (Å²) < 4.78 is 12.1. The van der Waals surface area contributed by atoms with E-state index in [-0.39, 0.29) is 31.3 Å². The highest BCUT2D eigenvalue weighted by molar-refractivity contribution is 9.09. The summed E-state index contributed by atoms with van der Waals surface area (Å²) in [6.07, 6.45) is 7.63. The Balaban J connectivity index is 1.32. The van der Waals surface area contributed by atoms with Crippen molar-refractivity contribution in [2.24, 2.45) is 10.8 Å². The van der Waals surface area contributed by atoms with Crippen molar-refractivity contribution >= 4 is 63.2 Å². The van der Waals surface area contributed by atoms with Crippen LogP contribution < -0.4 is 21.3 Å². The Morgan fingerprint density at radius 1 is 0.608 bits per heavy atom. The Morgan fingerprint density at radius 2 is 0.980 bits per heavy atom. The number of alkyl halides is 2. The third-order valence-corrected chi connectivity index (χ3v) is 11.2. The molecule has 0 aromatic heterocycles. The van der Waals surface area contributed by atoms with Gasteiger partial charge in [-0.25, -0.2) is 0 Å². The molecule has 0 bridgehead atoms. The average Bonchev–Trinajstić information content (AvgIpc) is 3.86. The number of carbonyl (C=O) groups excluding carboxylic acids is 4. The van der Waals surface area contributed by atoms with Gasteiger partial charge in [-0.15, -0.1) is 0 Å². The van der Waals surface area contributed by atoms with Crippen LogP contribution in [0.5, 0.6) is 0 Å². The van der Waals surface area contributed by atoms with Gasteiger partial charge in [0.05, 0.1) is 0 Å². The molecular weight excluding hydrogens is 779 g/mol. The maximum Gasteiger partial charge on any atom is 0.441 e. The summed E-state index contributed by atoms with van der Waals surface area (Å²) in [7, 11) is -0.187. The molecule has 2 aromatic rings. The van der Waals surface area contributed by atoms with Crippen LogP contribution in [-0.4, -0.2) is 67.5 Å². The molecule has 0 heterocycles. The highest BCUT2D eigenvalue weighted by Crippen LogP contribution is 2.40. The van der Waals surface area contributed by atoms with Gasteiger partial charge < -0.3 is 30.6 Å². The van der Waals surface area contributed by atoms with Gasteiger partial charge in [-0.3, -0.25) is 19.2 Å². The first-order chi connectivity index (χ1) is 24.8. The number of carbonyl (C=O) groups is 4. The lowest BCUT2D eigenvalue weighted by atomic mass is 9.83. The summed E-state index contributed by atoms with van der Waals surface area (Å²) in [6, 6.07) is 19.9. The van der Waals surface area contributed by atoms with Crippen LogP contribution in [0.15, 0.2) is 60.7 Å². The molecule has 278 valence electrons. The SMILES string of the molecule is O=C(NCCc1ccccc1)C1(C(=O)NC(CCCBr)OBOC(CCCBr)NC(=O)C2(C(=O)NCCc3ccccc3)CCCC2)CCCC1. The number of hydrogen-bond acceptors (Lipinski definition) is 6. The van der Waals surface area contributed by atoms with Gasteiger partial charge in [0, 0.05) is 23.7 Å². The van der Waals surface area contributed by atoms with Gasteiger partial charge in [-0.05, 0) is 75.3 Å². The van der Waals surface area contributed by atoms with E-state index in [2.05, 4.69) is 53.1 Å². The summed E-state index contributed by atoms with van der Waals surface area (Å²) in [6.45, 7) is 0.904. The van der Waals surface area contributed by atoms with Crippen LogP contribution in [0.2, 0.25) is 0 Å². The number of amides is 4. The second-order valence-corrected chi connectivity index (χ2v) is 15.2. The van der Waals surface area contributed by atoms with Crippen LogP contribution in [0.1, 0.15) is 88.2 Å². The number of halogens is 2. The van der Waals surface area contributed by atoms with E-state index < -0.39 is 23.3 Å². The minimum absolute atomic E-state index is 0.187. The first-order valence-corrected chi connectivity index (χ1v) is 20.7. The lowest BCUT2D eigenvalue weighted by molar-refractivity contribution is -0.146. The fraction of sp³-hybridized carbons (Fsp3) is 0.579. The fourth-order valence-electron chi connectivity index (χ4n) is 7.03. The molecule has 0 spiro atoms. The maximum atomic E-state index is 13.8. The zero-order valence-corrected chi connectivity index (χ0v) is 32.7. The summed E-state index contributed by atoms with van der Waals surface area (Å²) in [5.41, 5.74) is -0.0387. The van der Waals surface area contributed by atoms with Crippen molar-refractivity contribution in [2.75, 3.05) is 23.7 Å². The minimum Gasteiger partial charge on any atom is -0.393 e. The Bertz CT molecular complexity index is 1270. The molecule has 2 unspecified atom stereocenters. The summed E-state index contributed by atoms with van der Waals surface area (Å²) in [5, 5.41) is 13.5. The minimum atomic E-state index is -1.14. The van der Waals surface area contributed by atoms with Crippen LogP contribution in [0.4, 0.5) is 0 Å². The zero-order chi connectivity index (χ0) is 36.4. The second kappa shape index (κ2) is 21.7. The Labute approximate surface area is 320 Å². The zero-order valence-electron chi connectivity index (χ0n) is 29.6. The third-order valence-electron chi connectivity index (χ3n) is 10.1. The van der Waals surface area contributed by atoms with E-state index in [9.17, 15) is 19.2 Å². The average molecular weight is 832 g/mol. The first-order valence-electron chi connectivity index (χ1n) is 18.4. The van der Waals surface area contributed by atoms with Gasteiger partial charge >= 0.3 is 7.69 Å². The van der Waals surface area contributed by atoms with Gasteiger partial charge in [0.2, 0.25) is 23.6 Å². The Hall–Kier alpha value is -2.74. The van der Waals surface area contributed by atoms with Crippen molar-refractivity contribution in [2.45, 2.75) is 102 Å². The highest BCUT2D eigenvalue weighted by Gasteiger charge is 2.49. The van der Waals surface area contributed by atoms with Crippen LogP contribution in [-0.2, 0) is 41.3 Å². The topological polar surface area (TPSA) is 135 Å². The van der Waals surface area contributed by atoms with E-state index in [0.29, 0.717) is 75.1 Å². The van der Waals surface area contributed by atoms with Gasteiger partial charge in [-0.1, -0.05) is 118 Å². The fourth-order valence-corrected chi connectivity index (χ4v) is 7.68. The van der Waals surface area contributed by atoms with Crippen LogP contribution in [0.25, 0.3) is 0 Å². The molecule has 2 saturated carbocycles. The van der Waals surface area contributed by atoms with E-state index in [0.717, 1.165) is 49.7 Å². The predicted molar refractivity (Wildman–Crippen MR) is 207 cm³/mol. The quantitative estimate of drug-likeness (QED) is 0.0547. The largest absolute Gasteiger partial charge is 0.441 e. The molecule has 2 aliphatic carbocycles. The van der Waals surface area contributed by atoms with E-state index in [4.69, 9.17) is 9.31 Å². The molecule has 13 heteroatoms. The number of benzene rings is 2. The van der Waals surface area contributed by atoms with Crippen molar-refractivity contribution in [3.63, 3.8) is 0 Å². The van der Waals surface area contributed by atoms with Crippen LogP contribution >= 0.6 is 31.9 Å². The molecule has 51 heavy (non-hydrogen) atoms. The normalized spacial score (nSPS) is 17.2. The van der Waals surface area contributed by atoms with Crippen LogP contribution in [0.3, 0.4) is 0 Å². The lowest BCUT2D eigenvalue weighted by Crippen LogP contribution is -2.54. The molecule has 4 amide bonds. The van der Waals surface area contributed by atoms with Crippen LogP contribution in [0, 0.1) is 10.8 Å². The molecule has 4 rings (SSSR count). The summed E-state index contributed by atoms with van der Waals surface area (Å²) in [5.74, 6) is -1.15. The smallest absolute Gasteiger partial charge is 0.393 e. The summed E-state index contributed by atoms with van der Waals surface area (Å²) in [4.78, 5) is 54.6. The van der Waals surface area contributed by atoms with Crippen molar-refractivity contribution < 1.29 is 28.5 Å². The second-order valence-electron chi connectivity index (χ2n) is 13.6. The monoisotopic (exact) mass is 830 g/mol. The molecule has 10 nitrogen and oxygen atoms in total. The number of rotatable bonds is 22.